The summed E-state index contributed by atoms with van der Waals surface area (Å²) in [6.45, 7) is 6.67. The van der Waals surface area contributed by atoms with Crippen molar-refractivity contribution in [2.75, 3.05) is 0 Å². The molecule has 90 valence electrons. The highest BCUT2D eigenvalue weighted by atomic mass is 16.3. The molecule has 1 aromatic rings. The van der Waals surface area contributed by atoms with Gasteiger partial charge in [-0.15, -0.1) is 0 Å². The number of furan rings is 1. The molecule has 2 N–H and O–H groups in total. The zero-order chi connectivity index (χ0) is 11.7. The molecule has 1 heterocycles. The summed E-state index contributed by atoms with van der Waals surface area (Å²) in [6.07, 6.45) is 5.74. The van der Waals surface area contributed by atoms with Crippen molar-refractivity contribution in [2.45, 2.75) is 52.0 Å². The maximum absolute atomic E-state index is 6.31. The van der Waals surface area contributed by atoms with Gasteiger partial charge in [0, 0.05) is 0 Å². The Morgan fingerprint density at radius 3 is 2.62 bits per heavy atom. The standard InChI is InChI=1S/C14H23NO/c1-9(2)11-7-13(16-8-11)14(15)12-6-4-5-10(12)3/h7-10,12,14H,4-6,15H2,1-3H3/t10?,12?,14-/m1/s1. The summed E-state index contributed by atoms with van der Waals surface area (Å²) in [5.41, 5.74) is 7.57. The van der Waals surface area contributed by atoms with Crippen LogP contribution in [-0.2, 0) is 0 Å². The van der Waals surface area contributed by atoms with Crippen LogP contribution in [0.5, 0.6) is 0 Å². The zero-order valence-electron chi connectivity index (χ0n) is 10.6. The number of hydrogen-bond acceptors (Lipinski definition) is 2. The molecule has 2 heteroatoms. The van der Waals surface area contributed by atoms with Gasteiger partial charge in [-0.05, 0) is 35.8 Å². The molecule has 1 aliphatic rings. The van der Waals surface area contributed by atoms with E-state index in [-0.39, 0.29) is 6.04 Å². The summed E-state index contributed by atoms with van der Waals surface area (Å²) in [4.78, 5) is 0. The van der Waals surface area contributed by atoms with Crippen molar-refractivity contribution in [2.24, 2.45) is 17.6 Å². The Labute approximate surface area is 98.2 Å². The van der Waals surface area contributed by atoms with E-state index >= 15 is 0 Å². The van der Waals surface area contributed by atoms with Crippen LogP contribution in [-0.4, -0.2) is 0 Å². The molecule has 2 unspecified atom stereocenters. The van der Waals surface area contributed by atoms with Gasteiger partial charge in [0.15, 0.2) is 0 Å². The molecule has 2 nitrogen and oxygen atoms in total. The van der Waals surface area contributed by atoms with Crippen molar-refractivity contribution < 1.29 is 4.42 Å². The Morgan fingerprint density at radius 2 is 2.12 bits per heavy atom. The molecule has 0 amide bonds. The summed E-state index contributed by atoms with van der Waals surface area (Å²) in [5, 5.41) is 0. The fraction of sp³-hybridized carbons (Fsp3) is 0.714. The summed E-state index contributed by atoms with van der Waals surface area (Å²) in [7, 11) is 0. The SMILES string of the molecule is CC(C)c1coc([C@H](N)C2CCCC2C)c1. The second-order valence-corrected chi connectivity index (χ2v) is 5.53. The zero-order valence-corrected chi connectivity index (χ0v) is 10.6. The van der Waals surface area contributed by atoms with Gasteiger partial charge in [0.1, 0.15) is 5.76 Å². The molecule has 0 spiro atoms. The van der Waals surface area contributed by atoms with Crippen LogP contribution < -0.4 is 5.73 Å². The molecular formula is C14H23NO. The first-order valence-corrected chi connectivity index (χ1v) is 6.43. The lowest BCUT2D eigenvalue weighted by molar-refractivity contribution is 0.310. The van der Waals surface area contributed by atoms with Crippen LogP contribution in [0.25, 0.3) is 0 Å². The van der Waals surface area contributed by atoms with Gasteiger partial charge in [-0.3, -0.25) is 0 Å². The van der Waals surface area contributed by atoms with Crippen molar-refractivity contribution >= 4 is 0 Å². The Morgan fingerprint density at radius 1 is 1.38 bits per heavy atom. The van der Waals surface area contributed by atoms with Crippen molar-refractivity contribution in [3.05, 3.63) is 23.7 Å². The minimum atomic E-state index is 0.0880. The average Bonchev–Trinajstić information content (AvgIpc) is 2.84. The van der Waals surface area contributed by atoms with Crippen LogP contribution in [0.1, 0.15) is 63.3 Å². The first kappa shape index (κ1) is 11.7. The maximum atomic E-state index is 6.31. The third-order valence-electron chi connectivity index (χ3n) is 4.02. The summed E-state index contributed by atoms with van der Waals surface area (Å²) >= 11 is 0. The molecule has 3 atom stereocenters. The molecule has 1 aliphatic carbocycles. The van der Waals surface area contributed by atoms with Crippen LogP contribution in [0.3, 0.4) is 0 Å². The van der Waals surface area contributed by atoms with Crippen molar-refractivity contribution in [3.63, 3.8) is 0 Å². The normalized spacial score (nSPS) is 27.6. The Balaban J connectivity index is 2.10. The highest BCUT2D eigenvalue weighted by molar-refractivity contribution is 5.19. The van der Waals surface area contributed by atoms with E-state index < -0.39 is 0 Å². The average molecular weight is 221 g/mol. The number of rotatable bonds is 3. The molecule has 2 rings (SSSR count). The molecule has 1 fully saturated rings. The van der Waals surface area contributed by atoms with Gasteiger partial charge in [0.2, 0.25) is 0 Å². The highest BCUT2D eigenvalue weighted by Crippen LogP contribution is 2.39. The minimum absolute atomic E-state index is 0.0880. The maximum Gasteiger partial charge on any atom is 0.121 e. The molecule has 0 aromatic carbocycles. The van der Waals surface area contributed by atoms with E-state index in [0.717, 1.165) is 11.7 Å². The van der Waals surface area contributed by atoms with E-state index in [9.17, 15) is 0 Å². The Bertz CT molecular complexity index is 342. The van der Waals surface area contributed by atoms with E-state index in [1.54, 1.807) is 0 Å². The van der Waals surface area contributed by atoms with E-state index in [1.165, 1.54) is 24.8 Å². The fourth-order valence-electron chi connectivity index (χ4n) is 2.76. The van der Waals surface area contributed by atoms with Crippen LogP contribution >= 0.6 is 0 Å². The van der Waals surface area contributed by atoms with Crippen LogP contribution in [0.2, 0.25) is 0 Å². The third-order valence-corrected chi connectivity index (χ3v) is 4.02. The topological polar surface area (TPSA) is 39.2 Å². The van der Waals surface area contributed by atoms with E-state index in [1.807, 2.05) is 6.26 Å². The molecule has 16 heavy (non-hydrogen) atoms. The third kappa shape index (κ3) is 2.17. The summed E-state index contributed by atoms with van der Waals surface area (Å²) in [5.74, 6) is 2.84. The predicted molar refractivity (Wildman–Crippen MR) is 66.2 cm³/mol. The van der Waals surface area contributed by atoms with Gasteiger partial charge >= 0.3 is 0 Å². The Kier molecular flexibility index (Phi) is 3.38. The van der Waals surface area contributed by atoms with Gasteiger partial charge in [-0.2, -0.15) is 0 Å². The molecule has 1 aromatic heterocycles. The quantitative estimate of drug-likeness (QED) is 0.842. The van der Waals surface area contributed by atoms with Crippen molar-refractivity contribution in [1.29, 1.82) is 0 Å². The lowest BCUT2D eigenvalue weighted by Crippen LogP contribution is -2.22. The monoisotopic (exact) mass is 221 g/mol. The smallest absolute Gasteiger partial charge is 0.121 e. The van der Waals surface area contributed by atoms with E-state index in [2.05, 4.69) is 26.8 Å². The van der Waals surface area contributed by atoms with Crippen LogP contribution in [0.4, 0.5) is 0 Å². The lowest BCUT2D eigenvalue weighted by atomic mass is 9.89. The molecule has 0 radical (unpaired) electrons. The van der Waals surface area contributed by atoms with Gasteiger partial charge < -0.3 is 10.2 Å². The Hall–Kier alpha value is -0.760. The van der Waals surface area contributed by atoms with Gasteiger partial charge in [-0.25, -0.2) is 0 Å². The van der Waals surface area contributed by atoms with Crippen LogP contribution in [0.15, 0.2) is 16.7 Å². The first-order chi connectivity index (χ1) is 7.59. The highest BCUT2D eigenvalue weighted by Gasteiger charge is 2.31. The molecule has 0 bridgehead atoms. The largest absolute Gasteiger partial charge is 0.467 e. The van der Waals surface area contributed by atoms with E-state index in [0.29, 0.717) is 11.8 Å². The molecular weight excluding hydrogens is 198 g/mol. The molecule has 0 aliphatic heterocycles. The molecule has 1 saturated carbocycles. The van der Waals surface area contributed by atoms with Crippen LogP contribution in [0, 0.1) is 11.8 Å². The molecule has 0 saturated heterocycles. The number of nitrogens with two attached hydrogens (primary N) is 1. The van der Waals surface area contributed by atoms with Gasteiger partial charge in [-0.1, -0.05) is 33.6 Å². The second-order valence-electron chi connectivity index (χ2n) is 5.53. The van der Waals surface area contributed by atoms with E-state index in [4.69, 9.17) is 10.2 Å². The summed E-state index contributed by atoms with van der Waals surface area (Å²) in [6, 6.07) is 2.23. The van der Waals surface area contributed by atoms with Crippen molar-refractivity contribution in [1.82, 2.24) is 0 Å². The fourth-order valence-corrected chi connectivity index (χ4v) is 2.76. The summed E-state index contributed by atoms with van der Waals surface area (Å²) < 4.78 is 5.62. The van der Waals surface area contributed by atoms with Gasteiger partial charge in [0.25, 0.3) is 0 Å². The number of hydrogen-bond donors (Lipinski definition) is 1. The van der Waals surface area contributed by atoms with Crippen molar-refractivity contribution in [3.8, 4) is 0 Å². The second kappa shape index (κ2) is 4.62. The van der Waals surface area contributed by atoms with Gasteiger partial charge in [0.05, 0.1) is 12.3 Å². The first-order valence-electron chi connectivity index (χ1n) is 6.43. The minimum Gasteiger partial charge on any atom is -0.467 e. The lowest BCUT2D eigenvalue weighted by Gasteiger charge is -2.21. The predicted octanol–water partition coefficient (Wildman–Crippen LogP) is 3.84.